The number of hydrogen-bond acceptors (Lipinski definition) is 5. The van der Waals surface area contributed by atoms with Gasteiger partial charge in [0.25, 0.3) is 11.5 Å². The number of H-pyrrole nitrogens is 1. The SMILES string of the molecule is O=C(NCCN1CCOCC1)c1ccc2c(=O)n(CCc3ccccc3)c(=S)[nH]c2c1. The van der Waals surface area contributed by atoms with Crippen LogP contribution in [0.2, 0.25) is 0 Å². The first-order valence-electron chi connectivity index (χ1n) is 10.5. The summed E-state index contributed by atoms with van der Waals surface area (Å²) in [6, 6.07) is 15.1. The molecule has 1 amide bonds. The van der Waals surface area contributed by atoms with Gasteiger partial charge in [0.2, 0.25) is 0 Å². The molecule has 1 aliphatic heterocycles. The van der Waals surface area contributed by atoms with E-state index in [1.807, 2.05) is 30.3 Å². The molecule has 2 heterocycles. The number of benzene rings is 2. The van der Waals surface area contributed by atoms with E-state index in [0.717, 1.165) is 38.4 Å². The second kappa shape index (κ2) is 10.00. The van der Waals surface area contributed by atoms with E-state index in [1.54, 1.807) is 22.8 Å². The van der Waals surface area contributed by atoms with E-state index in [2.05, 4.69) is 15.2 Å². The number of nitrogens with zero attached hydrogens (tertiary/aromatic N) is 2. The molecule has 8 heteroatoms. The van der Waals surface area contributed by atoms with E-state index in [9.17, 15) is 9.59 Å². The third-order valence-corrected chi connectivity index (χ3v) is 5.85. The number of ether oxygens (including phenoxy) is 1. The van der Waals surface area contributed by atoms with Crippen molar-refractivity contribution >= 4 is 29.0 Å². The van der Waals surface area contributed by atoms with Gasteiger partial charge in [-0.25, -0.2) is 0 Å². The molecule has 0 aliphatic carbocycles. The molecule has 0 bridgehead atoms. The van der Waals surface area contributed by atoms with Gasteiger partial charge in [0, 0.05) is 38.3 Å². The van der Waals surface area contributed by atoms with Crippen LogP contribution in [0.1, 0.15) is 15.9 Å². The van der Waals surface area contributed by atoms with Crippen molar-refractivity contribution in [2.75, 3.05) is 39.4 Å². The second-order valence-electron chi connectivity index (χ2n) is 7.59. The topological polar surface area (TPSA) is 79.4 Å². The maximum atomic E-state index is 13.0. The lowest BCUT2D eigenvalue weighted by molar-refractivity contribution is 0.0383. The molecule has 1 fully saturated rings. The maximum Gasteiger partial charge on any atom is 0.262 e. The quantitative estimate of drug-likeness (QED) is 0.554. The van der Waals surface area contributed by atoms with Crippen LogP contribution in [0, 0.1) is 4.77 Å². The summed E-state index contributed by atoms with van der Waals surface area (Å²) in [4.78, 5) is 30.9. The molecule has 0 saturated carbocycles. The van der Waals surface area contributed by atoms with Crippen LogP contribution in [-0.4, -0.2) is 59.8 Å². The first kappa shape index (κ1) is 21.4. The molecule has 0 atom stereocenters. The number of aryl methyl sites for hydroxylation is 1. The monoisotopic (exact) mass is 438 g/mol. The Morgan fingerprint density at radius 2 is 1.87 bits per heavy atom. The Morgan fingerprint density at radius 1 is 1.10 bits per heavy atom. The molecule has 3 aromatic rings. The zero-order valence-electron chi connectivity index (χ0n) is 17.3. The van der Waals surface area contributed by atoms with Crippen LogP contribution in [-0.2, 0) is 17.7 Å². The summed E-state index contributed by atoms with van der Waals surface area (Å²) in [6.07, 6.45) is 0.716. The molecule has 0 unspecified atom stereocenters. The Morgan fingerprint density at radius 3 is 2.65 bits per heavy atom. The predicted octanol–water partition coefficient (Wildman–Crippen LogP) is 2.36. The number of aromatic amines is 1. The molecule has 1 aromatic heterocycles. The average molecular weight is 439 g/mol. The van der Waals surface area contributed by atoms with Gasteiger partial charge in [-0.3, -0.25) is 19.1 Å². The maximum absolute atomic E-state index is 13.0. The minimum absolute atomic E-state index is 0.144. The van der Waals surface area contributed by atoms with Gasteiger partial charge in [-0.2, -0.15) is 0 Å². The van der Waals surface area contributed by atoms with Crippen molar-refractivity contribution in [1.82, 2.24) is 19.8 Å². The first-order valence-corrected chi connectivity index (χ1v) is 10.9. The van der Waals surface area contributed by atoms with E-state index in [0.29, 0.717) is 40.7 Å². The summed E-state index contributed by atoms with van der Waals surface area (Å²) in [6.45, 7) is 5.10. The molecule has 2 aromatic carbocycles. The zero-order chi connectivity index (χ0) is 21.6. The fraction of sp³-hybridized carbons (Fsp3) is 0.348. The number of carbonyl (C=O) groups is 1. The zero-order valence-corrected chi connectivity index (χ0v) is 18.1. The van der Waals surface area contributed by atoms with Crippen molar-refractivity contribution in [1.29, 1.82) is 0 Å². The van der Waals surface area contributed by atoms with Crippen molar-refractivity contribution in [3.63, 3.8) is 0 Å². The van der Waals surface area contributed by atoms with Crippen molar-refractivity contribution in [3.05, 3.63) is 74.8 Å². The average Bonchev–Trinajstić information content (AvgIpc) is 2.80. The number of nitrogens with one attached hydrogen (secondary N) is 2. The van der Waals surface area contributed by atoms with Crippen LogP contribution in [0.25, 0.3) is 10.9 Å². The van der Waals surface area contributed by atoms with E-state index in [-0.39, 0.29) is 11.5 Å². The highest BCUT2D eigenvalue weighted by atomic mass is 32.1. The van der Waals surface area contributed by atoms with E-state index < -0.39 is 0 Å². The molecule has 2 N–H and O–H groups in total. The highest BCUT2D eigenvalue weighted by molar-refractivity contribution is 7.71. The largest absolute Gasteiger partial charge is 0.379 e. The molecule has 1 saturated heterocycles. The Hall–Kier alpha value is -2.81. The Balaban J connectivity index is 1.45. The van der Waals surface area contributed by atoms with Crippen LogP contribution in [0.15, 0.2) is 53.3 Å². The normalized spacial score (nSPS) is 14.6. The fourth-order valence-corrected chi connectivity index (χ4v) is 4.02. The standard InChI is InChI=1S/C23H26N4O3S/c28-21(24-9-11-26-12-14-30-15-13-26)18-6-7-19-20(16-18)25-23(31)27(22(19)29)10-8-17-4-2-1-3-5-17/h1-7,16H,8-15H2,(H,24,28)(H,25,31). The molecular formula is C23H26N4O3S. The lowest BCUT2D eigenvalue weighted by Gasteiger charge is -2.26. The van der Waals surface area contributed by atoms with E-state index in [1.165, 1.54) is 0 Å². The summed E-state index contributed by atoms with van der Waals surface area (Å²) in [7, 11) is 0. The minimum Gasteiger partial charge on any atom is -0.379 e. The minimum atomic E-state index is -0.164. The predicted molar refractivity (Wildman–Crippen MR) is 123 cm³/mol. The van der Waals surface area contributed by atoms with Gasteiger partial charge in [0.15, 0.2) is 4.77 Å². The summed E-state index contributed by atoms with van der Waals surface area (Å²) in [5.41, 5.74) is 2.08. The van der Waals surface area contributed by atoms with Crippen molar-refractivity contribution in [2.45, 2.75) is 13.0 Å². The van der Waals surface area contributed by atoms with Crippen LogP contribution in [0.5, 0.6) is 0 Å². The molecule has 0 radical (unpaired) electrons. The highest BCUT2D eigenvalue weighted by Crippen LogP contribution is 2.11. The number of amides is 1. The lowest BCUT2D eigenvalue weighted by Crippen LogP contribution is -2.41. The summed E-state index contributed by atoms with van der Waals surface area (Å²) < 4.78 is 7.27. The third-order valence-electron chi connectivity index (χ3n) is 5.53. The number of morpholine rings is 1. The van der Waals surface area contributed by atoms with Gasteiger partial charge in [0.05, 0.1) is 24.1 Å². The summed E-state index contributed by atoms with van der Waals surface area (Å²) in [5.74, 6) is -0.164. The van der Waals surface area contributed by atoms with Crippen LogP contribution in [0.3, 0.4) is 0 Å². The first-order chi connectivity index (χ1) is 15.1. The number of rotatable bonds is 7. The molecule has 0 spiro atoms. The van der Waals surface area contributed by atoms with E-state index >= 15 is 0 Å². The van der Waals surface area contributed by atoms with Gasteiger partial charge in [-0.15, -0.1) is 0 Å². The summed E-state index contributed by atoms with van der Waals surface area (Å²) in [5, 5.41) is 3.47. The molecular weight excluding hydrogens is 412 g/mol. The van der Waals surface area contributed by atoms with Crippen LogP contribution in [0.4, 0.5) is 0 Å². The van der Waals surface area contributed by atoms with Gasteiger partial charge < -0.3 is 15.0 Å². The second-order valence-corrected chi connectivity index (χ2v) is 7.98. The Bertz CT molecular complexity index is 1170. The van der Waals surface area contributed by atoms with Gasteiger partial charge in [-0.05, 0) is 42.4 Å². The molecule has 1 aliphatic rings. The lowest BCUT2D eigenvalue weighted by atomic mass is 10.1. The van der Waals surface area contributed by atoms with Crippen molar-refractivity contribution in [3.8, 4) is 0 Å². The Kier molecular flexibility index (Phi) is 6.91. The molecule has 162 valence electrons. The number of carbonyl (C=O) groups excluding carboxylic acids is 1. The summed E-state index contributed by atoms with van der Waals surface area (Å²) >= 11 is 5.42. The number of aromatic nitrogens is 2. The number of hydrogen-bond donors (Lipinski definition) is 2. The third kappa shape index (κ3) is 5.28. The van der Waals surface area contributed by atoms with Gasteiger partial charge >= 0.3 is 0 Å². The van der Waals surface area contributed by atoms with E-state index in [4.69, 9.17) is 17.0 Å². The van der Waals surface area contributed by atoms with Crippen LogP contribution < -0.4 is 10.9 Å². The smallest absolute Gasteiger partial charge is 0.262 e. The van der Waals surface area contributed by atoms with Crippen molar-refractivity contribution < 1.29 is 9.53 Å². The highest BCUT2D eigenvalue weighted by Gasteiger charge is 2.13. The van der Waals surface area contributed by atoms with Crippen molar-refractivity contribution in [2.24, 2.45) is 0 Å². The van der Waals surface area contributed by atoms with Crippen LogP contribution >= 0.6 is 12.2 Å². The van der Waals surface area contributed by atoms with Gasteiger partial charge in [0.1, 0.15) is 0 Å². The molecule has 4 rings (SSSR count). The number of fused-ring (bicyclic) bond motifs is 1. The van der Waals surface area contributed by atoms with Gasteiger partial charge in [-0.1, -0.05) is 30.3 Å². The molecule has 31 heavy (non-hydrogen) atoms. The fourth-order valence-electron chi connectivity index (χ4n) is 3.74. The molecule has 7 nitrogen and oxygen atoms in total. The Labute approximate surface area is 185 Å².